The minimum atomic E-state index is -0.443. The smallest absolute Gasteiger partial charge is 0.319 e. The summed E-state index contributed by atoms with van der Waals surface area (Å²) in [5, 5.41) is 8.26. The second-order valence-corrected chi connectivity index (χ2v) is 6.49. The van der Waals surface area contributed by atoms with Gasteiger partial charge in [0.2, 0.25) is 5.91 Å². The molecule has 0 saturated carbocycles. The fraction of sp³-hybridized carbons (Fsp3) is 0.556. The normalized spacial score (nSPS) is 21.4. The first-order chi connectivity index (χ1) is 12.2. The number of rotatable bonds is 5. The number of amides is 3. The molecule has 136 valence electrons. The van der Waals surface area contributed by atoms with Gasteiger partial charge in [-0.15, -0.1) is 0 Å². The van der Waals surface area contributed by atoms with Gasteiger partial charge in [0.1, 0.15) is 6.04 Å². The van der Waals surface area contributed by atoms with E-state index in [9.17, 15) is 9.59 Å². The average Bonchev–Trinajstić information content (AvgIpc) is 2.64. The number of nitrogens with zero attached hydrogens (tertiary/aromatic N) is 1. The van der Waals surface area contributed by atoms with Crippen LogP contribution in [0.15, 0.2) is 24.3 Å². The van der Waals surface area contributed by atoms with E-state index in [2.05, 4.69) is 20.9 Å². The summed E-state index contributed by atoms with van der Waals surface area (Å²) in [6.45, 7) is 5.33. The lowest BCUT2D eigenvalue weighted by atomic mass is 10.1. The van der Waals surface area contributed by atoms with Gasteiger partial charge in [0.15, 0.2) is 0 Å². The molecule has 2 fully saturated rings. The van der Waals surface area contributed by atoms with E-state index in [1.54, 1.807) is 0 Å². The number of carbonyl (C=O) groups excluding carboxylic acids is 2. The molecule has 7 nitrogen and oxygen atoms in total. The van der Waals surface area contributed by atoms with Gasteiger partial charge in [-0.05, 0) is 37.0 Å². The van der Waals surface area contributed by atoms with Crippen LogP contribution in [0.25, 0.3) is 0 Å². The van der Waals surface area contributed by atoms with Crippen molar-refractivity contribution in [2.75, 3.05) is 44.7 Å². The Morgan fingerprint density at radius 3 is 2.72 bits per heavy atom. The molecule has 1 aromatic rings. The maximum Gasteiger partial charge on any atom is 0.319 e. The third-order valence-electron chi connectivity index (χ3n) is 4.62. The molecule has 2 saturated heterocycles. The van der Waals surface area contributed by atoms with Gasteiger partial charge in [-0.2, -0.15) is 0 Å². The Bertz CT molecular complexity index is 584. The van der Waals surface area contributed by atoms with Gasteiger partial charge in [0.05, 0.1) is 13.2 Å². The highest BCUT2D eigenvalue weighted by Gasteiger charge is 2.23. The predicted molar refractivity (Wildman–Crippen MR) is 95.6 cm³/mol. The van der Waals surface area contributed by atoms with Crippen molar-refractivity contribution in [3.8, 4) is 0 Å². The first kappa shape index (κ1) is 17.7. The quantitative estimate of drug-likeness (QED) is 0.742. The van der Waals surface area contributed by atoms with Crippen molar-refractivity contribution >= 4 is 17.6 Å². The van der Waals surface area contributed by atoms with Gasteiger partial charge in [-0.3, -0.25) is 9.69 Å². The Morgan fingerprint density at radius 1 is 1.24 bits per heavy atom. The van der Waals surface area contributed by atoms with Crippen LogP contribution in [0.2, 0.25) is 0 Å². The second kappa shape index (κ2) is 8.82. The van der Waals surface area contributed by atoms with Crippen LogP contribution in [0.5, 0.6) is 0 Å². The Kier molecular flexibility index (Phi) is 6.25. The van der Waals surface area contributed by atoms with Crippen LogP contribution in [0.3, 0.4) is 0 Å². The highest BCUT2D eigenvalue weighted by atomic mass is 16.5. The molecule has 1 aromatic carbocycles. The van der Waals surface area contributed by atoms with Crippen LogP contribution in [0, 0.1) is 0 Å². The van der Waals surface area contributed by atoms with Crippen LogP contribution in [-0.2, 0) is 16.0 Å². The number of urea groups is 1. The molecule has 7 heteroatoms. The van der Waals surface area contributed by atoms with Crippen molar-refractivity contribution in [2.24, 2.45) is 0 Å². The molecule has 0 spiro atoms. The fourth-order valence-electron chi connectivity index (χ4n) is 3.10. The van der Waals surface area contributed by atoms with Gasteiger partial charge >= 0.3 is 6.03 Å². The van der Waals surface area contributed by atoms with Crippen molar-refractivity contribution < 1.29 is 14.3 Å². The molecule has 0 radical (unpaired) electrons. The van der Waals surface area contributed by atoms with E-state index in [1.807, 2.05) is 24.3 Å². The first-order valence-corrected chi connectivity index (χ1v) is 8.95. The molecule has 0 aliphatic carbocycles. The van der Waals surface area contributed by atoms with Crippen molar-refractivity contribution in [1.29, 1.82) is 0 Å². The van der Waals surface area contributed by atoms with Gasteiger partial charge in [-0.1, -0.05) is 12.1 Å². The van der Waals surface area contributed by atoms with E-state index in [0.29, 0.717) is 13.0 Å². The van der Waals surface area contributed by atoms with E-state index in [4.69, 9.17) is 4.74 Å². The molecular formula is C18H26N4O3. The largest absolute Gasteiger partial charge is 0.379 e. The summed E-state index contributed by atoms with van der Waals surface area (Å²) < 4.78 is 5.35. The average molecular weight is 346 g/mol. The summed E-state index contributed by atoms with van der Waals surface area (Å²) in [7, 11) is 0. The third kappa shape index (κ3) is 5.44. The molecule has 1 atom stereocenters. The maximum absolute atomic E-state index is 12.0. The van der Waals surface area contributed by atoms with Crippen LogP contribution in [0.4, 0.5) is 10.5 Å². The number of ether oxygens (including phenoxy) is 1. The van der Waals surface area contributed by atoms with Gasteiger partial charge in [0, 0.05) is 31.9 Å². The van der Waals surface area contributed by atoms with E-state index in [0.717, 1.165) is 51.4 Å². The number of piperidine rings is 1. The highest BCUT2D eigenvalue weighted by molar-refractivity contribution is 5.93. The van der Waals surface area contributed by atoms with Gasteiger partial charge in [-0.25, -0.2) is 4.79 Å². The Morgan fingerprint density at radius 2 is 2.00 bits per heavy atom. The Balaban J connectivity index is 1.43. The van der Waals surface area contributed by atoms with Gasteiger partial charge < -0.3 is 20.7 Å². The summed E-state index contributed by atoms with van der Waals surface area (Å²) in [6, 6.07) is 7.07. The second-order valence-electron chi connectivity index (χ2n) is 6.49. The lowest BCUT2D eigenvalue weighted by Crippen LogP contribution is -2.51. The Hall–Kier alpha value is -2.12. The fourth-order valence-corrected chi connectivity index (χ4v) is 3.10. The van der Waals surface area contributed by atoms with Crippen LogP contribution in [-0.4, -0.2) is 62.3 Å². The van der Waals surface area contributed by atoms with Crippen molar-refractivity contribution in [2.45, 2.75) is 25.3 Å². The van der Waals surface area contributed by atoms with E-state index >= 15 is 0 Å². The summed E-state index contributed by atoms with van der Waals surface area (Å²) in [4.78, 5) is 26.1. The summed E-state index contributed by atoms with van der Waals surface area (Å²) in [5.41, 5.74) is 1.97. The number of nitrogens with one attached hydrogen (secondary N) is 3. The maximum atomic E-state index is 12.0. The van der Waals surface area contributed by atoms with E-state index in [-0.39, 0.29) is 11.9 Å². The number of morpholine rings is 1. The predicted octanol–water partition coefficient (Wildman–Crippen LogP) is 0.961. The molecule has 3 amide bonds. The zero-order valence-electron chi connectivity index (χ0n) is 14.4. The topological polar surface area (TPSA) is 82.7 Å². The molecule has 0 unspecified atom stereocenters. The van der Waals surface area contributed by atoms with Gasteiger partial charge in [0.25, 0.3) is 0 Å². The van der Waals surface area contributed by atoms with E-state index < -0.39 is 6.04 Å². The molecule has 3 N–H and O–H groups in total. The zero-order valence-corrected chi connectivity index (χ0v) is 14.4. The van der Waals surface area contributed by atoms with Crippen molar-refractivity contribution in [1.82, 2.24) is 15.5 Å². The zero-order chi connectivity index (χ0) is 17.5. The molecule has 25 heavy (non-hydrogen) atoms. The number of anilines is 1. The standard InChI is InChI=1S/C18H26N4O3/c23-17-16(2-1-8-19-17)21-18(24)20-15-5-3-14(4-6-15)7-9-22-10-12-25-13-11-22/h3-6,16H,1-2,7-13H2,(H,19,23)(H2,20,21,24)/t16-/m1/s1. The third-order valence-corrected chi connectivity index (χ3v) is 4.62. The SMILES string of the molecule is O=C(Nc1ccc(CCN2CCOCC2)cc1)N[C@@H]1CCCNC1=O. The van der Waals surface area contributed by atoms with Crippen LogP contribution in [0.1, 0.15) is 18.4 Å². The summed E-state index contributed by atoms with van der Waals surface area (Å²) in [6.07, 6.45) is 2.54. The molecule has 2 aliphatic rings. The first-order valence-electron chi connectivity index (χ1n) is 8.95. The number of benzene rings is 1. The molecule has 0 bridgehead atoms. The number of carbonyl (C=O) groups is 2. The van der Waals surface area contributed by atoms with Crippen molar-refractivity contribution in [3.05, 3.63) is 29.8 Å². The summed E-state index contributed by atoms with van der Waals surface area (Å²) >= 11 is 0. The monoisotopic (exact) mass is 346 g/mol. The minimum Gasteiger partial charge on any atom is -0.379 e. The molecule has 2 aliphatic heterocycles. The Labute approximate surface area is 148 Å². The van der Waals surface area contributed by atoms with Crippen LogP contribution >= 0.6 is 0 Å². The van der Waals surface area contributed by atoms with E-state index in [1.165, 1.54) is 5.56 Å². The minimum absolute atomic E-state index is 0.111. The highest BCUT2D eigenvalue weighted by Crippen LogP contribution is 2.11. The molecule has 3 rings (SSSR count). The number of hydrogen-bond acceptors (Lipinski definition) is 4. The lowest BCUT2D eigenvalue weighted by molar-refractivity contribution is -0.124. The summed E-state index contributed by atoms with van der Waals surface area (Å²) in [5.74, 6) is -0.111. The number of hydrogen-bond donors (Lipinski definition) is 3. The van der Waals surface area contributed by atoms with Crippen molar-refractivity contribution in [3.63, 3.8) is 0 Å². The van der Waals surface area contributed by atoms with Crippen LogP contribution < -0.4 is 16.0 Å². The molecular weight excluding hydrogens is 320 g/mol. The molecule has 0 aromatic heterocycles. The molecule has 2 heterocycles. The lowest BCUT2D eigenvalue weighted by Gasteiger charge is -2.26.